The van der Waals surface area contributed by atoms with E-state index in [1.54, 1.807) is 48.8 Å². The van der Waals surface area contributed by atoms with E-state index in [0.29, 0.717) is 5.65 Å². The second-order valence-corrected chi connectivity index (χ2v) is 7.02. The molecule has 0 aliphatic heterocycles. The lowest BCUT2D eigenvalue weighted by Gasteiger charge is -2.08. The number of aromatic nitrogens is 2. The molecule has 0 fully saturated rings. The summed E-state index contributed by atoms with van der Waals surface area (Å²) in [6.45, 7) is 7.60. The minimum atomic E-state index is -3.65. The Balaban J connectivity index is 2.24. The molecule has 0 unspecified atom stereocenters. The zero-order valence-corrected chi connectivity index (χ0v) is 13.3. The predicted octanol–water partition coefficient (Wildman–Crippen LogP) is 3.53. The van der Waals surface area contributed by atoms with Gasteiger partial charge in [0, 0.05) is 17.8 Å². The summed E-state index contributed by atoms with van der Waals surface area (Å²) in [4.78, 5) is 4.55. The van der Waals surface area contributed by atoms with Gasteiger partial charge < -0.3 is 0 Å². The molecule has 0 N–H and O–H groups in total. The first-order valence-electron chi connectivity index (χ1n) is 6.86. The Morgan fingerprint density at radius 1 is 1.14 bits per heavy atom. The van der Waals surface area contributed by atoms with Gasteiger partial charge in [-0.3, -0.25) is 0 Å². The predicted molar refractivity (Wildman–Crippen MR) is 88.3 cm³/mol. The summed E-state index contributed by atoms with van der Waals surface area (Å²) in [6, 6.07) is 8.57. The van der Waals surface area contributed by atoms with Crippen molar-refractivity contribution in [2.45, 2.75) is 18.7 Å². The van der Waals surface area contributed by atoms with Crippen LogP contribution in [0.1, 0.15) is 16.7 Å². The maximum Gasteiger partial charge on any atom is 0.269 e. The van der Waals surface area contributed by atoms with Gasteiger partial charge in [-0.15, -0.1) is 0 Å². The molecule has 4 nitrogen and oxygen atoms in total. The third-order valence-corrected chi connectivity index (χ3v) is 5.47. The van der Waals surface area contributed by atoms with Crippen LogP contribution in [0.4, 0.5) is 0 Å². The highest BCUT2D eigenvalue weighted by Crippen LogP contribution is 2.25. The number of hydrogen-bond acceptors (Lipinski definition) is 3. The maximum atomic E-state index is 12.8. The lowest BCUT2D eigenvalue weighted by atomic mass is 10.1. The highest BCUT2D eigenvalue weighted by Gasteiger charge is 2.20. The van der Waals surface area contributed by atoms with Crippen LogP contribution in [-0.4, -0.2) is 17.4 Å². The molecule has 3 aromatic rings. The average Bonchev–Trinajstić information content (AvgIpc) is 2.94. The molecule has 0 saturated carbocycles. The van der Waals surface area contributed by atoms with Crippen LogP contribution in [0, 0.1) is 13.8 Å². The number of hydrogen-bond donors (Lipinski definition) is 0. The number of rotatable bonds is 3. The van der Waals surface area contributed by atoms with Gasteiger partial charge in [0.15, 0.2) is 5.65 Å². The van der Waals surface area contributed by atoms with Crippen molar-refractivity contribution < 1.29 is 8.42 Å². The van der Waals surface area contributed by atoms with Crippen molar-refractivity contribution >= 4 is 27.1 Å². The molecule has 0 amide bonds. The third kappa shape index (κ3) is 2.14. The standard InChI is InChI=1S/C17H16N2O2S/c1-4-14-11-18-17-16(13(14)3)9-10-19(17)22(20,21)15-7-5-12(2)6-8-15/h4-11H,1H2,2-3H3. The van der Waals surface area contributed by atoms with Crippen LogP contribution in [0.5, 0.6) is 0 Å². The molecule has 5 heteroatoms. The smallest absolute Gasteiger partial charge is 0.237 e. The molecule has 3 rings (SSSR count). The summed E-state index contributed by atoms with van der Waals surface area (Å²) in [5.41, 5.74) is 3.32. The molecule has 0 radical (unpaired) electrons. The highest BCUT2D eigenvalue weighted by molar-refractivity contribution is 7.90. The molecule has 0 bridgehead atoms. The summed E-state index contributed by atoms with van der Waals surface area (Å²) < 4.78 is 26.8. The van der Waals surface area contributed by atoms with Crippen molar-refractivity contribution in [1.29, 1.82) is 0 Å². The van der Waals surface area contributed by atoms with Crippen molar-refractivity contribution in [3.05, 3.63) is 66.0 Å². The lowest BCUT2D eigenvalue weighted by molar-refractivity contribution is 0.588. The molecule has 22 heavy (non-hydrogen) atoms. The normalized spacial score (nSPS) is 11.7. The van der Waals surface area contributed by atoms with E-state index in [9.17, 15) is 8.42 Å². The molecule has 1 aromatic carbocycles. The first-order chi connectivity index (χ1) is 10.4. The Hall–Kier alpha value is -2.40. The fourth-order valence-corrected chi connectivity index (χ4v) is 3.73. The largest absolute Gasteiger partial charge is 0.269 e. The molecule has 0 aliphatic rings. The van der Waals surface area contributed by atoms with Gasteiger partial charge in [-0.2, -0.15) is 0 Å². The zero-order valence-electron chi connectivity index (χ0n) is 12.4. The minimum Gasteiger partial charge on any atom is -0.237 e. The highest BCUT2D eigenvalue weighted by atomic mass is 32.2. The van der Waals surface area contributed by atoms with Crippen LogP contribution in [0.25, 0.3) is 17.1 Å². The molecule has 0 saturated heterocycles. The van der Waals surface area contributed by atoms with E-state index < -0.39 is 10.0 Å². The Bertz CT molecular complexity index is 968. The van der Waals surface area contributed by atoms with E-state index in [4.69, 9.17) is 0 Å². The van der Waals surface area contributed by atoms with Crippen molar-refractivity contribution in [2.75, 3.05) is 0 Å². The summed E-state index contributed by atoms with van der Waals surface area (Å²) in [5, 5.41) is 0.813. The first-order valence-corrected chi connectivity index (χ1v) is 8.30. The van der Waals surface area contributed by atoms with Crippen LogP contribution in [-0.2, 0) is 10.0 Å². The number of nitrogens with zero attached hydrogens (tertiary/aromatic N) is 2. The number of pyridine rings is 1. The van der Waals surface area contributed by atoms with Crippen LogP contribution in [0.3, 0.4) is 0 Å². The Labute approximate surface area is 129 Å². The van der Waals surface area contributed by atoms with Crippen molar-refractivity contribution in [3.8, 4) is 0 Å². The van der Waals surface area contributed by atoms with Gasteiger partial charge in [0.25, 0.3) is 10.0 Å². The van der Waals surface area contributed by atoms with Gasteiger partial charge in [0.1, 0.15) is 0 Å². The van der Waals surface area contributed by atoms with E-state index in [1.807, 2.05) is 13.8 Å². The van der Waals surface area contributed by atoms with Crippen LogP contribution in [0.2, 0.25) is 0 Å². The maximum absolute atomic E-state index is 12.8. The third-order valence-electron chi connectivity index (χ3n) is 3.79. The SMILES string of the molecule is C=Cc1cnc2c(ccn2S(=O)(=O)c2ccc(C)cc2)c1C. The Morgan fingerprint density at radius 3 is 2.45 bits per heavy atom. The Morgan fingerprint density at radius 2 is 1.82 bits per heavy atom. The fraction of sp³-hybridized carbons (Fsp3) is 0.118. The fourth-order valence-electron chi connectivity index (χ4n) is 2.43. The number of aryl methyl sites for hydroxylation is 2. The van der Waals surface area contributed by atoms with Crippen LogP contribution >= 0.6 is 0 Å². The van der Waals surface area contributed by atoms with Crippen molar-refractivity contribution in [1.82, 2.24) is 8.96 Å². The van der Waals surface area contributed by atoms with E-state index in [1.165, 1.54) is 3.97 Å². The lowest BCUT2D eigenvalue weighted by Crippen LogP contribution is -2.12. The van der Waals surface area contributed by atoms with Gasteiger partial charge in [-0.1, -0.05) is 30.4 Å². The summed E-state index contributed by atoms with van der Waals surface area (Å²) in [5.74, 6) is 0. The molecule has 0 atom stereocenters. The van der Waals surface area contributed by atoms with Crippen molar-refractivity contribution in [3.63, 3.8) is 0 Å². The molecular formula is C17H16N2O2S. The van der Waals surface area contributed by atoms with E-state index >= 15 is 0 Å². The van der Waals surface area contributed by atoms with Gasteiger partial charge in [-0.05, 0) is 43.2 Å². The van der Waals surface area contributed by atoms with Crippen LogP contribution < -0.4 is 0 Å². The molecule has 0 aliphatic carbocycles. The Kier molecular flexibility index (Phi) is 3.37. The summed E-state index contributed by atoms with van der Waals surface area (Å²) in [6.07, 6.45) is 4.91. The first kappa shape index (κ1) is 14.5. The van der Waals surface area contributed by atoms with Crippen LogP contribution in [0.15, 0.2) is 54.2 Å². The quantitative estimate of drug-likeness (QED) is 0.743. The van der Waals surface area contributed by atoms with Gasteiger partial charge in [-0.25, -0.2) is 17.4 Å². The molecule has 2 aromatic heterocycles. The number of fused-ring (bicyclic) bond motifs is 1. The van der Waals surface area contributed by atoms with Crippen molar-refractivity contribution in [2.24, 2.45) is 0 Å². The van der Waals surface area contributed by atoms with E-state index in [-0.39, 0.29) is 4.90 Å². The van der Waals surface area contributed by atoms with Gasteiger partial charge >= 0.3 is 0 Å². The zero-order chi connectivity index (χ0) is 15.9. The van der Waals surface area contributed by atoms with E-state index in [2.05, 4.69) is 11.6 Å². The summed E-state index contributed by atoms with van der Waals surface area (Å²) in [7, 11) is -3.65. The van der Waals surface area contributed by atoms with E-state index in [0.717, 1.165) is 22.1 Å². The molecule has 2 heterocycles. The molecular weight excluding hydrogens is 296 g/mol. The van der Waals surface area contributed by atoms with Gasteiger partial charge in [0.05, 0.1) is 4.90 Å². The summed E-state index contributed by atoms with van der Waals surface area (Å²) >= 11 is 0. The second kappa shape index (κ2) is 5.10. The minimum absolute atomic E-state index is 0.253. The topological polar surface area (TPSA) is 52.0 Å². The monoisotopic (exact) mass is 312 g/mol. The second-order valence-electron chi connectivity index (χ2n) is 5.21. The average molecular weight is 312 g/mol. The van der Waals surface area contributed by atoms with Gasteiger partial charge in [0.2, 0.25) is 0 Å². The molecule has 112 valence electrons. The number of benzene rings is 1. The molecule has 0 spiro atoms.